The van der Waals surface area contributed by atoms with Crippen LogP contribution in [0.3, 0.4) is 0 Å². The van der Waals surface area contributed by atoms with E-state index in [2.05, 4.69) is 10.3 Å². The number of fused-ring (bicyclic) bond motifs is 1. The van der Waals surface area contributed by atoms with E-state index in [-0.39, 0.29) is 5.91 Å². The molecule has 106 valence electrons. The SMILES string of the molecule is O=C(CCC1CCCCC1)Nc1ncc2ccccn12. The number of nitrogens with zero attached hydrogens (tertiary/aromatic N) is 2. The highest BCUT2D eigenvalue weighted by Crippen LogP contribution is 2.27. The van der Waals surface area contributed by atoms with Gasteiger partial charge in [0.1, 0.15) is 0 Å². The van der Waals surface area contributed by atoms with Gasteiger partial charge in [0.05, 0.1) is 11.7 Å². The number of carbonyl (C=O) groups is 1. The zero-order chi connectivity index (χ0) is 13.8. The molecule has 2 heterocycles. The average Bonchev–Trinajstić information content (AvgIpc) is 2.90. The Bertz CT molecular complexity index is 584. The molecule has 1 saturated carbocycles. The molecule has 1 N–H and O–H groups in total. The molecule has 4 heteroatoms. The first-order chi connectivity index (χ1) is 9.83. The highest BCUT2D eigenvalue weighted by atomic mass is 16.1. The Kier molecular flexibility index (Phi) is 4.00. The molecular weight excluding hydrogens is 250 g/mol. The minimum atomic E-state index is 0.0759. The Morgan fingerprint density at radius 2 is 2.15 bits per heavy atom. The lowest BCUT2D eigenvalue weighted by atomic mass is 9.86. The number of anilines is 1. The van der Waals surface area contributed by atoms with Crippen LogP contribution < -0.4 is 5.32 Å². The Morgan fingerprint density at radius 1 is 1.30 bits per heavy atom. The van der Waals surface area contributed by atoms with E-state index in [1.165, 1.54) is 32.1 Å². The zero-order valence-corrected chi connectivity index (χ0v) is 11.7. The summed E-state index contributed by atoms with van der Waals surface area (Å²) in [5, 5.41) is 2.92. The zero-order valence-electron chi connectivity index (χ0n) is 11.7. The fourth-order valence-corrected chi connectivity index (χ4v) is 3.03. The summed E-state index contributed by atoms with van der Waals surface area (Å²) in [5.74, 6) is 1.44. The number of rotatable bonds is 4. The van der Waals surface area contributed by atoms with Crippen molar-refractivity contribution in [3.05, 3.63) is 30.6 Å². The van der Waals surface area contributed by atoms with E-state index in [0.29, 0.717) is 12.4 Å². The molecule has 3 rings (SSSR count). The van der Waals surface area contributed by atoms with Crippen molar-refractivity contribution in [1.82, 2.24) is 9.38 Å². The van der Waals surface area contributed by atoms with Crippen molar-refractivity contribution >= 4 is 17.4 Å². The van der Waals surface area contributed by atoms with E-state index in [9.17, 15) is 4.79 Å². The van der Waals surface area contributed by atoms with Gasteiger partial charge >= 0.3 is 0 Å². The molecule has 1 fully saturated rings. The highest BCUT2D eigenvalue weighted by Gasteiger charge is 2.15. The Hall–Kier alpha value is -1.84. The molecule has 0 saturated heterocycles. The summed E-state index contributed by atoms with van der Waals surface area (Å²) in [6.45, 7) is 0. The maximum Gasteiger partial charge on any atom is 0.226 e. The second kappa shape index (κ2) is 6.07. The summed E-state index contributed by atoms with van der Waals surface area (Å²) in [7, 11) is 0. The van der Waals surface area contributed by atoms with E-state index in [4.69, 9.17) is 0 Å². The van der Waals surface area contributed by atoms with E-state index >= 15 is 0 Å². The summed E-state index contributed by atoms with van der Waals surface area (Å²) < 4.78 is 1.90. The van der Waals surface area contributed by atoms with Crippen molar-refractivity contribution in [1.29, 1.82) is 0 Å². The number of carbonyl (C=O) groups excluding carboxylic acids is 1. The molecule has 20 heavy (non-hydrogen) atoms. The first-order valence-electron chi connectivity index (χ1n) is 7.55. The number of aromatic nitrogens is 2. The van der Waals surface area contributed by atoms with E-state index in [1.54, 1.807) is 6.20 Å². The van der Waals surface area contributed by atoms with Crippen LogP contribution in [0.5, 0.6) is 0 Å². The largest absolute Gasteiger partial charge is 0.296 e. The van der Waals surface area contributed by atoms with Crippen LogP contribution >= 0.6 is 0 Å². The van der Waals surface area contributed by atoms with Crippen molar-refractivity contribution in [2.45, 2.75) is 44.9 Å². The van der Waals surface area contributed by atoms with Crippen LogP contribution in [0.15, 0.2) is 30.6 Å². The predicted molar refractivity (Wildman–Crippen MR) is 79.6 cm³/mol. The summed E-state index contributed by atoms with van der Waals surface area (Å²) in [5.41, 5.74) is 0.995. The number of amides is 1. The maximum atomic E-state index is 12.0. The number of imidazole rings is 1. The van der Waals surface area contributed by atoms with Gasteiger partial charge in [-0.25, -0.2) is 4.98 Å². The van der Waals surface area contributed by atoms with Gasteiger partial charge < -0.3 is 0 Å². The van der Waals surface area contributed by atoms with Crippen LogP contribution in [0.4, 0.5) is 5.95 Å². The smallest absolute Gasteiger partial charge is 0.226 e. The Labute approximate surface area is 119 Å². The normalized spacial score (nSPS) is 16.4. The van der Waals surface area contributed by atoms with Gasteiger partial charge in [0.15, 0.2) is 0 Å². The minimum Gasteiger partial charge on any atom is -0.296 e. The van der Waals surface area contributed by atoms with Gasteiger partial charge in [-0.15, -0.1) is 0 Å². The first kappa shape index (κ1) is 13.2. The second-order valence-corrected chi connectivity index (χ2v) is 5.67. The van der Waals surface area contributed by atoms with Crippen LogP contribution in [0.1, 0.15) is 44.9 Å². The van der Waals surface area contributed by atoms with Crippen molar-refractivity contribution in [2.24, 2.45) is 5.92 Å². The lowest BCUT2D eigenvalue weighted by molar-refractivity contribution is -0.116. The van der Waals surface area contributed by atoms with Crippen molar-refractivity contribution in [3.8, 4) is 0 Å². The molecule has 1 aliphatic carbocycles. The molecule has 0 atom stereocenters. The fraction of sp³-hybridized carbons (Fsp3) is 0.500. The summed E-state index contributed by atoms with van der Waals surface area (Å²) in [6, 6.07) is 5.88. The molecule has 0 aromatic carbocycles. The molecule has 4 nitrogen and oxygen atoms in total. The Morgan fingerprint density at radius 3 is 3.00 bits per heavy atom. The molecule has 0 bridgehead atoms. The van der Waals surface area contributed by atoms with Crippen LogP contribution in [0, 0.1) is 5.92 Å². The molecule has 2 aromatic heterocycles. The number of hydrogen-bond donors (Lipinski definition) is 1. The number of hydrogen-bond acceptors (Lipinski definition) is 2. The summed E-state index contributed by atoms with van der Waals surface area (Å²) in [6.07, 6.45) is 11.9. The van der Waals surface area contributed by atoms with E-state index < -0.39 is 0 Å². The third-order valence-corrected chi connectivity index (χ3v) is 4.19. The van der Waals surface area contributed by atoms with Gasteiger partial charge in [-0.3, -0.25) is 14.5 Å². The van der Waals surface area contributed by atoms with Crippen LogP contribution in [-0.2, 0) is 4.79 Å². The first-order valence-corrected chi connectivity index (χ1v) is 7.55. The predicted octanol–water partition coefficient (Wildman–Crippen LogP) is 3.63. The third-order valence-electron chi connectivity index (χ3n) is 4.19. The summed E-state index contributed by atoms with van der Waals surface area (Å²) in [4.78, 5) is 16.3. The fourth-order valence-electron chi connectivity index (χ4n) is 3.03. The standard InChI is InChI=1S/C16H21N3O/c20-15(10-9-13-6-2-1-3-7-13)18-16-17-12-14-8-4-5-11-19(14)16/h4-5,8,11-13H,1-3,6-7,9-10H2,(H,17,18,20). The van der Waals surface area contributed by atoms with Gasteiger partial charge in [0, 0.05) is 12.6 Å². The molecule has 0 radical (unpaired) electrons. The van der Waals surface area contributed by atoms with Crippen molar-refractivity contribution in [2.75, 3.05) is 5.32 Å². The van der Waals surface area contributed by atoms with Gasteiger partial charge in [0.25, 0.3) is 0 Å². The molecule has 1 aliphatic rings. The highest BCUT2D eigenvalue weighted by molar-refractivity contribution is 5.89. The molecular formula is C16H21N3O. The van der Waals surface area contributed by atoms with Crippen molar-refractivity contribution < 1.29 is 4.79 Å². The maximum absolute atomic E-state index is 12.0. The molecule has 1 amide bonds. The van der Waals surface area contributed by atoms with E-state index in [1.807, 2.05) is 28.8 Å². The molecule has 2 aromatic rings. The second-order valence-electron chi connectivity index (χ2n) is 5.67. The van der Waals surface area contributed by atoms with Crippen molar-refractivity contribution in [3.63, 3.8) is 0 Å². The number of nitrogens with one attached hydrogen (secondary N) is 1. The van der Waals surface area contributed by atoms with Gasteiger partial charge in [-0.05, 0) is 24.5 Å². The van der Waals surface area contributed by atoms with Crippen LogP contribution in [0.25, 0.3) is 5.52 Å². The topological polar surface area (TPSA) is 46.4 Å². The molecule has 0 unspecified atom stereocenters. The summed E-state index contributed by atoms with van der Waals surface area (Å²) >= 11 is 0. The van der Waals surface area contributed by atoms with Gasteiger partial charge in [0.2, 0.25) is 11.9 Å². The molecule has 0 aliphatic heterocycles. The monoisotopic (exact) mass is 271 g/mol. The number of pyridine rings is 1. The lowest BCUT2D eigenvalue weighted by Crippen LogP contribution is -2.16. The average molecular weight is 271 g/mol. The third kappa shape index (κ3) is 3.00. The van der Waals surface area contributed by atoms with Gasteiger partial charge in [-0.1, -0.05) is 38.2 Å². The van der Waals surface area contributed by atoms with Crippen LogP contribution in [-0.4, -0.2) is 15.3 Å². The van der Waals surface area contributed by atoms with E-state index in [0.717, 1.165) is 17.9 Å². The van der Waals surface area contributed by atoms with Gasteiger partial charge in [-0.2, -0.15) is 0 Å². The Balaban J connectivity index is 1.55. The lowest BCUT2D eigenvalue weighted by Gasteiger charge is -2.20. The molecule has 0 spiro atoms. The quantitative estimate of drug-likeness (QED) is 0.923. The minimum absolute atomic E-state index is 0.0759. The van der Waals surface area contributed by atoms with Crippen LogP contribution in [0.2, 0.25) is 0 Å².